The molecule has 0 atom stereocenters. The number of hydrogen-bond acceptors (Lipinski definition) is 3. The Labute approximate surface area is 89.3 Å². The van der Waals surface area contributed by atoms with Crippen LogP contribution < -0.4 is 5.76 Å². The fourth-order valence-electron chi connectivity index (χ4n) is 2.08. The standard InChI is InChI=1S/C11H18N2O2/c1-11(2,3)7-13-5-4-8-9(6-13)15-10(14)12-8/h4-7H2,1-3H3,(H,12,14). The molecule has 0 bridgehead atoms. The summed E-state index contributed by atoms with van der Waals surface area (Å²) in [6.45, 7) is 9.44. The number of aromatic nitrogens is 1. The van der Waals surface area contributed by atoms with Crippen LogP contribution in [-0.2, 0) is 13.0 Å². The van der Waals surface area contributed by atoms with E-state index in [9.17, 15) is 4.79 Å². The Balaban J connectivity index is 2.09. The van der Waals surface area contributed by atoms with E-state index in [4.69, 9.17) is 4.42 Å². The van der Waals surface area contributed by atoms with Gasteiger partial charge in [0.05, 0.1) is 12.2 Å². The monoisotopic (exact) mass is 210 g/mol. The molecular weight excluding hydrogens is 192 g/mol. The highest BCUT2D eigenvalue weighted by Crippen LogP contribution is 2.21. The highest BCUT2D eigenvalue weighted by molar-refractivity contribution is 5.10. The molecule has 1 aromatic heterocycles. The molecule has 0 amide bonds. The zero-order valence-electron chi connectivity index (χ0n) is 9.59. The summed E-state index contributed by atoms with van der Waals surface area (Å²) in [5.41, 5.74) is 1.26. The Morgan fingerprint density at radius 3 is 2.87 bits per heavy atom. The molecule has 1 aliphatic rings. The van der Waals surface area contributed by atoms with Crippen molar-refractivity contribution < 1.29 is 4.42 Å². The molecule has 1 aliphatic heterocycles. The van der Waals surface area contributed by atoms with E-state index in [1.54, 1.807) is 0 Å². The molecule has 0 fully saturated rings. The van der Waals surface area contributed by atoms with E-state index in [2.05, 4.69) is 30.7 Å². The summed E-state index contributed by atoms with van der Waals surface area (Å²) in [5, 5.41) is 0. The van der Waals surface area contributed by atoms with Crippen LogP contribution >= 0.6 is 0 Å². The van der Waals surface area contributed by atoms with Crippen LogP contribution in [0.5, 0.6) is 0 Å². The average molecular weight is 210 g/mol. The summed E-state index contributed by atoms with van der Waals surface area (Å²) in [6, 6.07) is 0. The van der Waals surface area contributed by atoms with Gasteiger partial charge in [-0.05, 0) is 5.41 Å². The zero-order valence-corrected chi connectivity index (χ0v) is 9.59. The van der Waals surface area contributed by atoms with Gasteiger partial charge in [0, 0.05) is 19.5 Å². The largest absolute Gasteiger partial charge is 0.416 e. The van der Waals surface area contributed by atoms with Crippen molar-refractivity contribution >= 4 is 0 Å². The summed E-state index contributed by atoms with van der Waals surface area (Å²) in [7, 11) is 0. The van der Waals surface area contributed by atoms with Crippen molar-refractivity contribution in [3.05, 3.63) is 22.0 Å². The average Bonchev–Trinajstić information content (AvgIpc) is 2.40. The number of fused-ring (bicyclic) bond motifs is 1. The van der Waals surface area contributed by atoms with E-state index in [1.807, 2.05) is 0 Å². The van der Waals surface area contributed by atoms with Crippen LogP contribution in [-0.4, -0.2) is 23.0 Å². The van der Waals surface area contributed by atoms with Gasteiger partial charge in [0.1, 0.15) is 5.76 Å². The number of oxazole rings is 1. The number of H-pyrrole nitrogens is 1. The molecule has 4 nitrogen and oxygen atoms in total. The van der Waals surface area contributed by atoms with Crippen molar-refractivity contribution in [2.75, 3.05) is 13.1 Å². The van der Waals surface area contributed by atoms with E-state index < -0.39 is 0 Å². The molecule has 2 rings (SSSR count). The highest BCUT2D eigenvalue weighted by Gasteiger charge is 2.23. The fraction of sp³-hybridized carbons (Fsp3) is 0.727. The lowest BCUT2D eigenvalue weighted by molar-refractivity contribution is 0.162. The Morgan fingerprint density at radius 2 is 2.20 bits per heavy atom. The second-order valence-corrected chi connectivity index (χ2v) is 5.44. The minimum Gasteiger partial charge on any atom is -0.411 e. The third-order valence-electron chi connectivity index (χ3n) is 2.55. The van der Waals surface area contributed by atoms with Gasteiger partial charge in [-0.2, -0.15) is 0 Å². The number of hydrogen-bond donors (Lipinski definition) is 1. The van der Waals surface area contributed by atoms with Crippen LogP contribution in [0.3, 0.4) is 0 Å². The quantitative estimate of drug-likeness (QED) is 0.761. The normalized spacial score (nSPS) is 17.8. The molecule has 0 unspecified atom stereocenters. The Morgan fingerprint density at radius 1 is 1.47 bits per heavy atom. The molecule has 0 radical (unpaired) electrons. The molecule has 0 saturated heterocycles. The number of aromatic amines is 1. The maximum absolute atomic E-state index is 11.0. The van der Waals surface area contributed by atoms with Gasteiger partial charge in [0.15, 0.2) is 0 Å². The van der Waals surface area contributed by atoms with Crippen LogP contribution in [0.2, 0.25) is 0 Å². The molecule has 1 N–H and O–H groups in total. The molecule has 0 spiro atoms. The maximum atomic E-state index is 11.0. The molecule has 0 saturated carbocycles. The van der Waals surface area contributed by atoms with Gasteiger partial charge in [0.2, 0.25) is 0 Å². The Kier molecular flexibility index (Phi) is 2.46. The van der Waals surface area contributed by atoms with Crippen LogP contribution in [0, 0.1) is 5.41 Å². The number of rotatable bonds is 1. The van der Waals surface area contributed by atoms with Gasteiger partial charge in [-0.3, -0.25) is 9.88 Å². The molecular formula is C11H18N2O2. The van der Waals surface area contributed by atoms with Crippen molar-refractivity contribution in [3.63, 3.8) is 0 Å². The van der Waals surface area contributed by atoms with E-state index in [-0.39, 0.29) is 11.2 Å². The predicted molar refractivity (Wildman–Crippen MR) is 57.8 cm³/mol. The Hall–Kier alpha value is -1.03. The minimum atomic E-state index is -0.322. The molecule has 4 heteroatoms. The summed E-state index contributed by atoms with van der Waals surface area (Å²) in [5.74, 6) is 0.494. The maximum Gasteiger partial charge on any atom is 0.416 e. The van der Waals surface area contributed by atoms with Crippen molar-refractivity contribution in [1.29, 1.82) is 0 Å². The highest BCUT2D eigenvalue weighted by atomic mass is 16.4. The number of nitrogens with one attached hydrogen (secondary N) is 1. The van der Waals surface area contributed by atoms with Crippen LogP contribution in [0.4, 0.5) is 0 Å². The number of nitrogens with zero attached hydrogens (tertiary/aromatic N) is 1. The van der Waals surface area contributed by atoms with Gasteiger partial charge in [-0.25, -0.2) is 4.79 Å². The van der Waals surface area contributed by atoms with Gasteiger partial charge in [-0.15, -0.1) is 0 Å². The molecule has 1 aromatic rings. The molecule has 0 aliphatic carbocycles. The van der Waals surface area contributed by atoms with E-state index in [1.165, 1.54) is 0 Å². The van der Waals surface area contributed by atoms with Crippen LogP contribution in [0.25, 0.3) is 0 Å². The minimum absolute atomic E-state index is 0.286. The fourth-order valence-corrected chi connectivity index (χ4v) is 2.08. The summed E-state index contributed by atoms with van der Waals surface area (Å²) in [6.07, 6.45) is 0.886. The first-order chi connectivity index (χ1) is 6.94. The third kappa shape index (κ3) is 2.50. The van der Waals surface area contributed by atoms with Gasteiger partial charge in [0.25, 0.3) is 0 Å². The molecule has 84 valence electrons. The lowest BCUT2D eigenvalue weighted by atomic mass is 9.95. The van der Waals surface area contributed by atoms with Crippen molar-refractivity contribution in [2.45, 2.75) is 33.7 Å². The third-order valence-corrected chi connectivity index (χ3v) is 2.55. The van der Waals surface area contributed by atoms with Gasteiger partial charge < -0.3 is 4.42 Å². The van der Waals surface area contributed by atoms with Gasteiger partial charge >= 0.3 is 5.76 Å². The first-order valence-corrected chi connectivity index (χ1v) is 5.37. The lowest BCUT2D eigenvalue weighted by Crippen LogP contribution is -2.36. The summed E-state index contributed by atoms with van der Waals surface area (Å²) < 4.78 is 5.10. The topological polar surface area (TPSA) is 49.2 Å². The smallest absolute Gasteiger partial charge is 0.411 e. The van der Waals surface area contributed by atoms with Crippen molar-refractivity contribution in [3.8, 4) is 0 Å². The van der Waals surface area contributed by atoms with E-state index in [0.29, 0.717) is 0 Å². The van der Waals surface area contributed by atoms with E-state index >= 15 is 0 Å². The SMILES string of the molecule is CC(C)(C)CN1CCc2[nH]c(=O)oc2C1. The zero-order chi connectivity index (χ0) is 11.1. The summed E-state index contributed by atoms with van der Waals surface area (Å²) >= 11 is 0. The first kappa shape index (κ1) is 10.5. The molecule has 15 heavy (non-hydrogen) atoms. The predicted octanol–water partition coefficient (Wildman–Crippen LogP) is 1.37. The lowest BCUT2D eigenvalue weighted by Gasteiger charge is -2.31. The second kappa shape index (κ2) is 3.52. The van der Waals surface area contributed by atoms with Crippen molar-refractivity contribution in [1.82, 2.24) is 9.88 Å². The summed E-state index contributed by atoms with van der Waals surface area (Å²) in [4.78, 5) is 16.1. The Bertz CT molecular complexity index is 397. The first-order valence-electron chi connectivity index (χ1n) is 5.37. The second-order valence-electron chi connectivity index (χ2n) is 5.44. The molecule has 0 aromatic carbocycles. The van der Waals surface area contributed by atoms with Crippen LogP contribution in [0.15, 0.2) is 9.21 Å². The molecule has 2 heterocycles. The van der Waals surface area contributed by atoms with Crippen LogP contribution in [0.1, 0.15) is 32.2 Å². The van der Waals surface area contributed by atoms with Crippen molar-refractivity contribution in [2.24, 2.45) is 5.41 Å². The van der Waals surface area contributed by atoms with Gasteiger partial charge in [-0.1, -0.05) is 20.8 Å². The van der Waals surface area contributed by atoms with E-state index in [0.717, 1.165) is 37.5 Å².